The number of aromatic nitrogens is 2. The maximum atomic E-state index is 5.86. The molecule has 1 aromatic heterocycles. The van der Waals surface area contributed by atoms with E-state index in [1.54, 1.807) is 11.8 Å². The lowest BCUT2D eigenvalue weighted by Crippen LogP contribution is -2.24. The molecule has 0 unspecified atom stereocenters. The second-order valence-corrected chi connectivity index (χ2v) is 7.72. The van der Waals surface area contributed by atoms with Crippen LogP contribution in [-0.2, 0) is 15.3 Å². The Hall–Kier alpha value is -2.65. The monoisotopic (exact) mass is 393 g/mol. The van der Waals surface area contributed by atoms with E-state index in [0.717, 1.165) is 32.5 Å². The number of nitrogens with two attached hydrogens (primary N) is 1. The third-order valence-electron chi connectivity index (χ3n) is 4.92. The van der Waals surface area contributed by atoms with E-state index < -0.39 is 5.79 Å². The first-order chi connectivity index (χ1) is 13.7. The number of hydrogen-bond donors (Lipinski definition) is 2. The summed E-state index contributed by atoms with van der Waals surface area (Å²) in [5.41, 5.74) is 5.64. The Bertz CT molecular complexity index is 1040. The van der Waals surface area contributed by atoms with Crippen LogP contribution in [0.25, 0.3) is 0 Å². The van der Waals surface area contributed by atoms with Gasteiger partial charge >= 0.3 is 0 Å². The minimum Gasteiger partial charge on any atom is -0.344 e. The Morgan fingerprint density at radius 1 is 1.04 bits per heavy atom. The Labute approximate surface area is 166 Å². The van der Waals surface area contributed by atoms with Gasteiger partial charge < -0.3 is 14.9 Å². The van der Waals surface area contributed by atoms with E-state index in [2.05, 4.69) is 50.6 Å². The Morgan fingerprint density at radius 3 is 2.64 bits per heavy atom. The molecule has 5 rings (SSSR count). The van der Waals surface area contributed by atoms with Crippen LogP contribution in [0, 0.1) is 0 Å². The molecule has 2 aliphatic heterocycles. The van der Waals surface area contributed by atoms with Crippen LogP contribution in [0.1, 0.15) is 12.5 Å². The Morgan fingerprint density at radius 2 is 1.82 bits per heavy atom. The summed E-state index contributed by atoms with van der Waals surface area (Å²) in [7, 11) is 0. The molecule has 0 aliphatic carbocycles. The minimum atomic E-state index is -0.738. The fraction of sp³-hybridized carbons (Fsp3) is 0.200. The molecule has 1 fully saturated rings. The molecular weight excluding hydrogens is 374 g/mol. The maximum absolute atomic E-state index is 5.86. The first kappa shape index (κ1) is 17.4. The molecule has 1 saturated heterocycles. The van der Waals surface area contributed by atoms with Gasteiger partial charge in [-0.3, -0.25) is 4.90 Å². The van der Waals surface area contributed by atoms with Gasteiger partial charge in [0.25, 0.3) is 0 Å². The molecular formula is C20H19N5O2S. The number of para-hydroxylation sites is 1. The van der Waals surface area contributed by atoms with Crippen molar-refractivity contribution in [2.45, 2.75) is 22.5 Å². The molecule has 0 spiro atoms. The molecule has 0 atom stereocenters. The van der Waals surface area contributed by atoms with Gasteiger partial charge in [-0.2, -0.15) is 0 Å². The SMILES string of the molecule is CC1(c2ccc3c(c2)N(c2cc(NN)ncn2)c2ccccc2S3)OCCO1. The van der Waals surface area contributed by atoms with Crippen LogP contribution >= 0.6 is 11.8 Å². The van der Waals surface area contributed by atoms with Crippen LogP contribution in [0.5, 0.6) is 0 Å². The van der Waals surface area contributed by atoms with Gasteiger partial charge in [0, 0.05) is 21.4 Å². The van der Waals surface area contributed by atoms with Crippen LogP contribution in [0.2, 0.25) is 0 Å². The molecule has 0 radical (unpaired) electrons. The van der Waals surface area contributed by atoms with Crippen molar-refractivity contribution in [3.63, 3.8) is 0 Å². The van der Waals surface area contributed by atoms with Gasteiger partial charge in [0.1, 0.15) is 18.0 Å². The molecule has 3 aromatic rings. The molecule has 7 nitrogen and oxygen atoms in total. The largest absolute Gasteiger partial charge is 0.344 e. The summed E-state index contributed by atoms with van der Waals surface area (Å²) < 4.78 is 11.7. The van der Waals surface area contributed by atoms with Crippen LogP contribution in [-0.4, -0.2) is 23.2 Å². The van der Waals surface area contributed by atoms with Gasteiger partial charge in [-0.1, -0.05) is 30.0 Å². The van der Waals surface area contributed by atoms with Gasteiger partial charge in [-0.25, -0.2) is 15.8 Å². The number of fused-ring (bicyclic) bond motifs is 2. The number of nitrogen functional groups attached to an aromatic ring is 1. The molecule has 3 N–H and O–H groups in total. The van der Waals surface area contributed by atoms with Crippen LogP contribution in [0.15, 0.2) is 64.6 Å². The van der Waals surface area contributed by atoms with Crippen molar-refractivity contribution in [3.8, 4) is 0 Å². The lowest BCUT2D eigenvalue weighted by molar-refractivity contribution is -0.149. The van der Waals surface area contributed by atoms with E-state index in [4.69, 9.17) is 15.3 Å². The zero-order chi connectivity index (χ0) is 19.1. The lowest BCUT2D eigenvalue weighted by Gasteiger charge is -2.33. The van der Waals surface area contributed by atoms with E-state index in [-0.39, 0.29) is 0 Å². The third-order valence-corrected chi connectivity index (χ3v) is 6.05. The van der Waals surface area contributed by atoms with E-state index in [0.29, 0.717) is 19.0 Å². The van der Waals surface area contributed by atoms with E-state index >= 15 is 0 Å². The Kier molecular flexibility index (Phi) is 4.21. The summed E-state index contributed by atoms with van der Waals surface area (Å²) in [4.78, 5) is 13.0. The summed E-state index contributed by atoms with van der Waals surface area (Å²) in [5.74, 6) is 6.11. The lowest BCUT2D eigenvalue weighted by atomic mass is 10.1. The summed E-state index contributed by atoms with van der Waals surface area (Å²) in [6.45, 7) is 3.13. The quantitative estimate of drug-likeness (QED) is 0.400. The smallest absolute Gasteiger partial charge is 0.192 e. The van der Waals surface area contributed by atoms with Gasteiger partial charge in [0.05, 0.1) is 24.6 Å². The first-order valence-corrected chi connectivity index (χ1v) is 9.78. The Balaban J connectivity index is 1.69. The number of hydrogen-bond acceptors (Lipinski definition) is 8. The molecule has 3 heterocycles. The molecule has 142 valence electrons. The number of nitrogens with zero attached hydrogens (tertiary/aromatic N) is 3. The fourth-order valence-electron chi connectivity index (χ4n) is 3.51. The highest BCUT2D eigenvalue weighted by molar-refractivity contribution is 7.99. The first-order valence-electron chi connectivity index (χ1n) is 8.96. The van der Waals surface area contributed by atoms with Crippen LogP contribution < -0.4 is 16.2 Å². The van der Waals surface area contributed by atoms with Crippen molar-refractivity contribution in [1.29, 1.82) is 0 Å². The van der Waals surface area contributed by atoms with Crippen molar-refractivity contribution in [1.82, 2.24) is 9.97 Å². The van der Waals surface area contributed by atoms with Crippen LogP contribution in [0.3, 0.4) is 0 Å². The number of nitrogens with one attached hydrogen (secondary N) is 1. The average Bonchev–Trinajstić information content (AvgIpc) is 3.19. The zero-order valence-electron chi connectivity index (χ0n) is 15.3. The predicted octanol–water partition coefficient (Wildman–Crippen LogP) is 3.92. The van der Waals surface area contributed by atoms with Crippen molar-refractivity contribution in [3.05, 3.63) is 60.4 Å². The maximum Gasteiger partial charge on any atom is 0.192 e. The van der Waals surface area contributed by atoms with Crippen LogP contribution in [0.4, 0.5) is 23.0 Å². The molecule has 0 saturated carbocycles. The third kappa shape index (κ3) is 2.82. The highest BCUT2D eigenvalue weighted by Gasteiger charge is 2.35. The average molecular weight is 393 g/mol. The number of ether oxygens (including phenoxy) is 2. The topological polar surface area (TPSA) is 85.5 Å². The van der Waals surface area contributed by atoms with Gasteiger partial charge in [-0.15, -0.1) is 0 Å². The number of hydrazine groups is 1. The summed E-state index contributed by atoms with van der Waals surface area (Å²) in [6.07, 6.45) is 1.50. The van der Waals surface area contributed by atoms with E-state index in [1.807, 2.05) is 25.1 Å². The molecule has 8 heteroatoms. The molecule has 2 aliphatic rings. The number of benzene rings is 2. The highest BCUT2D eigenvalue weighted by Crippen LogP contribution is 2.52. The molecule has 0 bridgehead atoms. The van der Waals surface area contributed by atoms with Crippen molar-refractivity contribution in [2.24, 2.45) is 5.84 Å². The summed E-state index contributed by atoms with van der Waals surface area (Å²) >= 11 is 1.73. The normalized spacial score (nSPS) is 17.1. The number of anilines is 4. The predicted molar refractivity (Wildman–Crippen MR) is 108 cm³/mol. The second-order valence-electron chi connectivity index (χ2n) is 6.64. The standard InChI is InChI=1S/C20H19N5O2S/c1-20(26-8-9-27-20)13-6-7-17-15(10-13)25(14-4-2-3-5-16(14)28-17)19-11-18(24-21)22-12-23-19/h2-7,10-12H,8-9,21H2,1H3,(H,22,23,24). The molecule has 2 aromatic carbocycles. The van der Waals surface area contributed by atoms with Gasteiger partial charge in [0.2, 0.25) is 0 Å². The minimum absolute atomic E-state index is 0.549. The van der Waals surface area contributed by atoms with Gasteiger partial charge in [-0.05, 0) is 31.2 Å². The van der Waals surface area contributed by atoms with E-state index in [1.165, 1.54) is 6.33 Å². The second kappa shape index (κ2) is 6.75. The molecule has 0 amide bonds. The fourth-order valence-corrected chi connectivity index (χ4v) is 4.55. The highest BCUT2D eigenvalue weighted by atomic mass is 32.2. The summed E-state index contributed by atoms with van der Waals surface area (Å²) in [5, 5.41) is 0. The van der Waals surface area contributed by atoms with Crippen molar-refractivity contribution < 1.29 is 9.47 Å². The molecule has 28 heavy (non-hydrogen) atoms. The number of rotatable bonds is 3. The van der Waals surface area contributed by atoms with E-state index in [9.17, 15) is 0 Å². The van der Waals surface area contributed by atoms with Crippen molar-refractivity contribution >= 4 is 34.8 Å². The van der Waals surface area contributed by atoms with Gasteiger partial charge in [0.15, 0.2) is 5.79 Å². The summed E-state index contributed by atoms with van der Waals surface area (Å²) in [6, 6.07) is 16.4. The van der Waals surface area contributed by atoms with Crippen molar-refractivity contribution in [2.75, 3.05) is 23.5 Å². The zero-order valence-corrected chi connectivity index (χ0v) is 16.1.